The minimum atomic E-state index is -3.68. The van der Waals surface area contributed by atoms with Gasteiger partial charge in [0.2, 0.25) is 0 Å². The molecule has 0 aliphatic rings. The number of sulfone groups is 2. The first-order valence-corrected chi connectivity index (χ1v) is 9.97. The number of nitrogens with two attached hydrogens (primary N) is 1. The lowest BCUT2D eigenvalue weighted by molar-refractivity contribution is 0.559. The number of nitrogen functional groups attached to an aromatic ring is 1. The molecule has 20 heavy (non-hydrogen) atoms. The highest BCUT2D eigenvalue weighted by molar-refractivity contribution is 9.10. The maximum absolute atomic E-state index is 12.2. The molecule has 0 aliphatic heterocycles. The molecule has 0 amide bonds. The van der Waals surface area contributed by atoms with Gasteiger partial charge in [-0.1, -0.05) is 0 Å². The lowest BCUT2D eigenvalue weighted by Crippen LogP contribution is -2.33. The Morgan fingerprint density at radius 2 is 1.65 bits per heavy atom. The van der Waals surface area contributed by atoms with Crippen molar-refractivity contribution in [3.63, 3.8) is 0 Å². The van der Waals surface area contributed by atoms with Crippen LogP contribution < -0.4 is 5.73 Å². The Balaban J connectivity index is 3.03. The van der Waals surface area contributed by atoms with Gasteiger partial charge in [-0.15, -0.1) is 0 Å². The Hall–Kier alpha value is -0.600. The zero-order chi connectivity index (χ0) is 15.8. The van der Waals surface area contributed by atoms with E-state index in [9.17, 15) is 16.8 Å². The molecular formula is C12H18BrNO4S2. The third kappa shape index (κ3) is 3.95. The minimum Gasteiger partial charge on any atom is -0.399 e. The largest absolute Gasteiger partial charge is 0.399 e. The van der Waals surface area contributed by atoms with Crippen LogP contribution in [0.1, 0.15) is 20.8 Å². The van der Waals surface area contributed by atoms with Crippen molar-refractivity contribution < 1.29 is 16.8 Å². The van der Waals surface area contributed by atoms with Crippen molar-refractivity contribution in [2.75, 3.05) is 17.2 Å². The van der Waals surface area contributed by atoms with Gasteiger partial charge in [0.1, 0.15) is 0 Å². The van der Waals surface area contributed by atoms with Crippen LogP contribution in [0, 0.1) is 0 Å². The molecule has 0 heterocycles. The number of benzene rings is 1. The maximum atomic E-state index is 12.2. The first-order chi connectivity index (χ1) is 8.87. The Morgan fingerprint density at radius 3 is 2.10 bits per heavy atom. The van der Waals surface area contributed by atoms with E-state index >= 15 is 0 Å². The Labute approximate surface area is 128 Å². The van der Waals surface area contributed by atoms with Gasteiger partial charge in [0.25, 0.3) is 0 Å². The van der Waals surface area contributed by atoms with E-state index in [1.54, 1.807) is 20.8 Å². The standard InChI is InChI=1S/C12H18BrNO4S2/c1-12(2,3)20(17,18)7-6-19(15,16)11-5-4-9(14)8-10(11)13/h4-5,8H,6-7,14H2,1-3H3. The van der Waals surface area contributed by atoms with Gasteiger partial charge in [-0.05, 0) is 54.9 Å². The summed E-state index contributed by atoms with van der Waals surface area (Å²) in [7, 11) is -7.16. The van der Waals surface area contributed by atoms with Gasteiger partial charge >= 0.3 is 0 Å². The number of rotatable bonds is 4. The summed E-state index contributed by atoms with van der Waals surface area (Å²) < 4.78 is 47.7. The van der Waals surface area contributed by atoms with Crippen LogP contribution >= 0.6 is 15.9 Å². The quantitative estimate of drug-likeness (QED) is 0.802. The highest BCUT2D eigenvalue weighted by Gasteiger charge is 2.31. The Morgan fingerprint density at radius 1 is 1.10 bits per heavy atom. The number of anilines is 1. The van der Waals surface area contributed by atoms with E-state index in [1.807, 2.05) is 0 Å². The van der Waals surface area contributed by atoms with Crippen LogP contribution in [0.2, 0.25) is 0 Å². The van der Waals surface area contributed by atoms with E-state index in [2.05, 4.69) is 15.9 Å². The first kappa shape index (κ1) is 17.5. The summed E-state index contributed by atoms with van der Waals surface area (Å²) in [6.07, 6.45) is 0. The number of halogens is 1. The molecule has 0 fully saturated rings. The van der Waals surface area contributed by atoms with E-state index in [4.69, 9.17) is 5.73 Å². The first-order valence-electron chi connectivity index (χ1n) is 5.87. The van der Waals surface area contributed by atoms with Gasteiger partial charge in [-0.25, -0.2) is 16.8 Å². The minimum absolute atomic E-state index is 0.0517. The molecule has 0 aromatic heterocycles. The monoisotopic (exact) mass is 383 g/mol. The summed E-state index contributed by atoms with van der Waals surface area (Å²) in [5.41, 5.74) is 5.98. The number of hydrogen-bond acceptors (Lipinski definition) is 5. The molecule has 0 atom stereocenters. The van der Waals surface area contributed by atoms with Crippen molar-refractivity contribution in [3.8, 4) is 0 Å². The second kappa shape index (κ2) is 5.65. The van der Waals surface area contributed by atoms with E-state index in [-0.39, 0.29) is 4.90 Å². The molecule has 0 radical (unpaired) electrons. The van der Waals surface area contributed by atoms with Crippen molar-refractivity contribution in [1.82, 2.24) is 0 Å². The van der Waals surface area contributed by atoms with Gasteiger partial charge in [0.05, 0.1) is 21.1 Å². The fourth-order valence-electron chi connectivity index (χ4n) is 1.40. The van der Waals surface area contributed by atoms with Crippen LogP contribution in [-0.4, -0.2) is 33.1 Å². The third-order valence-electron chi connectivity index (χ3n) is 2.84. The average molecular weight is 384 g/mol. The predicted molar refractivity (Wildman–Crippen MR) is 84.1 cm³/mol. The normalized spacial score (nSPS) is 13.4. The summed E-state index contributed by atoms with van der Waals surface area (Å²) >= 11 is 3.13. The molecule has 1 aromatic carbocycles. The lowest BCUT2D eigenvalue weighted by atomic mass is 10.3. The summed E-state index contributed by atoms with van der Waals surface area (Å²) in [5.74, 6) is -0.856. The predicted octanol–water partition coefficient (Wildman–Crippen LogP) is 2.02. The fourth-order valence-corrected chi connectivity index (χ4v) is 5.76. The summed E-state index contributed by atoms with van der Waals surface area (Å²) in [6.45, 7) is 4.65. The summed E-state index contributed by atoms with van der Waals surface area (Å²) in [6, 6.07) is 4.32. The highest BCUT2D eigenvalue weighted by Crippen LogP contribution is 2.26. The zero-order valence-corrected chi connectivity index (χ0v) is 14.8. The Bertz CT molecular complexity index is 703. The van der Waals surface area contributed by atoms with Crippen LogP contribution in [0.5, 0.6) is 0 Å². The second-order valence-corrected chi connectivity index (χ2v) is 11.2. The SMILES string of the molecule is CC(C)(C)S(=O)(=O)CCS(=O)(=O)c1ccc(N)cc1Br. The average Bonchev–Trinajstić information content (AvgIpc) is 2.24. The third-order valence-corrected chi connectivity index (χ3v) is 8.40. The fraction of sp³-hybridized carbons (Fsp3) is 0.500. The highest BCUT2D eigenvalue weighted by atomic mass is 79.9. The van der Waals surface area contributed by atoms with E-state index < -0.39 is 35.9 Å². The zero-order valence-electron chi connectivity index (χ0n) is 11.6. The topological polar surface area (TPSA) is 94.3 Å². The van der Waals surface area contributed by atoms with Crippen LogP contribution in [0.3, 0.4) is 0 Å². The van der Waals surface area contributed by atoms with Crippen molar-refractivity contribution in [3.05, 3.63) is 22.7 Å². The maximum Gasteiger partial charge on any atom is 0.180 e. The molecule has 0 saturated carbocycles. The van der Waals surface area contributed by atoms with Crippen molar-refractivity contribution in [2.45, 2.75) is 30.4 Å². The molecule has 114 valence electrons. The molecule has 0 saturated heterocycles. The molecule has 8 heteroatoms. The molecule has 1 aromatic rings. The van der Waals surface area contributed by atoms with Crippen molar-refractivity contribution in [2.24, 2.45) is 0 Å². The van der Waals surface area contributed by atoms with E-state index in [0.717, 1.165) is 0 Å². The van der Waals surface area contributed by atoms with Crippen molar-refractivity contribution in [1.29, 1.82) is 0 Å². The van der Waals surface area contributed by atoms with Gasteiger partial charge in [-0.3, -0.25) is 0 Å². The van der Waals surface area contributed by atoms with Gasteiger partial charge in [0.15, 0.2) is 19.7 Å². The smallest absolute Gasteiger partial charge is 0.180 e. The number of hydrogen-bond donors (Lipinski definition) is 1. The van der Waals surface area contributed by atoms with Crippen LogP contribution in [-0.2, 0) is 19.7 Å². The van der Waals surface area contributed by atoms with E-state index in [1.165, 1.54) is 18.2 Å². The molecule has 2 N–H and O–H groups in total. The van der Waals surface area contributed by atoms with Crippen LogP contribution in [0.4, 0.5) is 5.69 Å². The van der Waals surface area contributed by atoms with Gasteiger partial charge in [0, 0.05) is 10.2 Å². The molecule has 0 unspecified atom stereocenters. The van der Waals surface area contributed by atoms with Crippen LogP contribution in [0.25, 0.3) is 0 Å². The lowest BCUT2D eigenvalue weighted by Gasteiger charge is -2.19. The molecule has 0 spiro atoms. The molecular weight excluding hydrogens is 366 g/mol. The van der Waals surface area contributed by atoms with Gasteiger partial charge < -0.3 is 5.73 Å². The Kier molecular flexibility index (Phi) is 4.93. The molecule has 0 bridgehead atoms. The summed E-state index contributed by atoms with van der Waals surface area (Å²) in [4.78, 5) is 0.0517. The summed E-state index contributed by atoms with van der Waals surface area (Å²) in [5, 5.41) is 0. The molecule has 0 aliphatic carbocycles. The van der Waals surface area contributed by atoms with Crippen molar-refractivity contribution >= 4 is 41.3 Å². The second-order valence-electron chi connectivity index (χ2n) is 5.44. The molecule has 1 rings (SSSR count). The molecule has 5 nitrogen and oxygen atoms in total. The van der Waals surface area contributed by atoms with Gasteiger partial charge in [-0.2, -0.15) is 0 Å². The van der Waals surface area contributed by atoms with E-state index in [0.29, 0.717) is 10.2 Å². The van der Waals surface area contributed by atoms with Crippen LogP contribution in [0.15, 0.2) is 27.6 Å².